The Hall–Kier alpha value is -3.60. The van der Waals surface area contributed by atoms with E-state index >= 15 is 0 Å². The van der Waals surface area contributed by atoms with Crippen LogP contribution in [0, 0.1) is 5.82 Å². The molecule has 1 aliphatic heterocycles. The maximum absolute atomic E-state index is 13.3. The monoisotopic (exact) mass is 534 g/mol. The van der Waals surface area contributed by atoms with E-state index in [4.69, 9.17) is 32.7 Å². The Balaban J connectivity index is 1.45. The number of carbonyl (C=O) groups excluding carboxylic acids is 3. The van der Waals surface area contributed by atoms with Crippen molar-refractivity contribution in [2.45, 2.75) is 0 Å². The predicted octanol–water partition coefficient (Wildman–Crippen LogP) is 5.77. The summed E-state index contributed by atoms with van der Waals surface area (Å²) in [7, 11) is 0. The van der Waals surface area contributed by atoms with Gasteiger partial charge in [-0.1, -0.05) is 29.3 Å². The van der Waals surface area contributed by atoms with Crippen molar-refractivity contribution < 1.29 is 33.1 Å². The lowest BCUT2D eigenvalue weighted by Gasteiger charge is -2.12. The molecule has 0 aliphatic carbocycles. The summed E-state index contributed by atoms with van der Waals surface area (Å²) in [6.45, 7) is -0.547. The van der Waals surface area contributed by atoms with Crippen molar-refractivity contribution in [3.63, 3.8) is 0 Å². The number of hydrogen-bond donors (Lipinski definition) is 2. The van der Waals surface area contributed by atoms with Crippen LogP contribution in [0.3, 0.4) is 0 Å². The SMILES string of the molecule is O=C(CN1C(=O)S/C(=C\c2ccc(-c3ccc(C(=O)O)c(Cl)c3)o2)C1=O)Nc1ccc(F)c(Cl)c1. The zero-order valence-corrected chi connectivity index (χ0v) is 19.7. The van der Waals surface area contributed by atoms with Gasteiger partial charge < -0.3 is 14.8 Å². The molecule has 1 aliphatic rings. The van der Waals surface area contributed by atoms with E-state index in [0.29, 0.717) is 23.1 Å². The first-order valence-electron chi connectivity index (χ1n) is 9.75. The fourth-order valence-corrected chi connectivity index (χ4v) is 4.37. The van der Waals surface area contributed by atoms with E-state index in [1.54, 1.807) is 12.1 Å². The molecule has 8 nitrogen and oxygen atoms in total. The quantitative estimate of drug-likeness (QED) is 0.385. The molecule has 3 aromatic rings. The molecular weight excluding hydrogens is 522 g/mol. The molecule has 0 radical (unpaired) electrons. The summed E-state index contributed by atoms with van der Waals surface area (Å²) in [4.78, 5) is 49.2. The Kier molecular flexibility index (Phi) is 6.97. The number of hydrogen-bond acceptors (Lipinski definition) is 6. The molecule has 0 spiro atoms. The number of halogens is 3. The number of imide groups is 1. The Bertz CT molecular complexity index is 1420. The van der Waals surface area contributed by atoms with Gasteiger partial charge in [-0.2, -0.15) is 0 Å². The van der Waals surface area contributed by atoms with Gasteiger partial charge in [-0.15, -0.1) is 0 Å². The van der Waals surface area contributed by atoms with Gasteiger partial charge >= 0.3 is 5.97 Å². The third kappa shape index (κ3) is 5.40. The molecule has 0 atom stereocenters. The van der Waals surface area contributed by atoms with Crippen molar-refractivity contribution >= 4 is 69.8 Å². The lowest BCUT2D eigenvalue weighted by molar-refractivity contribution is -0.127. The van der Waals surface area contributed by atoms with E-state index < -0.39 is 35.4 Å². The average molecular weight is 535 g/mol. The molecule has 4 rings (SSSR count). The van der Waals surface area contributed by atoms with Crippen LogP contribution < -0.4 is 5.32 Å². The number of nitrogens with zero attached hydrogens (tertiary/aromatic N) is 1. The van der Waals surface area contributed by atoms with Crippen LogP contribution in [0.2, 0.25) is 10.0 Å². The first kappa shape index (κ1) is 24.5. The summed E-state index contributed by atoms with van der Waals surface area (Å²) in [5.41, 5.74) is 0.677. The fourth-order valence-electron chi connectivity index (χ4n) is 3.11. The number of anilines is 1. The van der Waals surface area contributed by atoms with Gasteiger partial charge in [0.05, 0.1) is 20.5 Å². The normalized spacial score (nSPS) is 14.6. The van der Waals surface area contributed by atoms with Crippen LogP contribution in [-0.4, -0.2) is 39.6 Å². The smallest absolute Gasteiger partial charge is 0.337 e. The molecule has 2 heterocycles. The maximum Gasteiger partial charge on any atom is 0.337 e. The minimum absolute atomic E-state index is 0.0373. The van der Waals surface area contributed by atoms with Crippen LogP contribution in [0.5, 0.6) is 0 Å². The Labute approximate surface area is 211 Å². The number of carbonyl (C=O) groups is 4. The van der Waals surface area contributed by atoms with Crippen molar-refractivity contribution in [2.24, 2.45) is 0 Å². The lowest BCUT2D eigenvalue weighted by atomic mass is 10.1. The Morgan fingerprint density at radius 1 is 1.09 bits per heavy atom. The lowest BCUT2D eigenvalue weighted by Crippen LogP contribution is -2.36. The molecule has 0 bridgehead atoms. The molecule has 1 fully saturated rings. The highest BCUT2D eigenvalue weighted by Crippen LogP contribution is 2.34. The van der Waals surface area contributed by atoms with Crippen molar-refractivity contribution in [1.29, 1.82) is 0 Å². The van der Waals surface area contributed by atoms with E-state index in [1.165, 1.54) is 36.4 Å². The largest absolute Gasteiger partial charge is 0.478 e. The summed E-state index contributed by atoms with van der Waals surface area (Å²) in [5, 5.41) is 10.7. The molecule has 2 N–H and O–H groups in total. The average Bonchev–Trinajstić information content (AvgIpc) is 3.36. The summed E-state index contributed by atoms with van der Waals surface area (Å²) in [6, 6.07) is 11.1. The second kappa shape index (κ2) is 9.95. The zero-order valence-electron chi connectivity index (χ0n) is 17.4. The van der Waals surface area contributed by atoms with Gasteiger partial charge in [0.15, 0.2) is 0 Å². The molecule has 178 valence electrons. The highest BCUT2D eigenvalue weighted by Gasteiger charge is 2.36. The number of aromatic carboxylic acids is 1. The molecule has 0 saturated carbocycles. The van der Waals surface area contributed by atoms with Crippen LogP contribution in [0.15, 0.2) is 57.9 Å². The number of amides is 3. The number of carboxylic acid groups (broad SMARTS) is 1. The number of nitrogens with one attached hydrogen (secondary N) is 1. The molecule has 35 heavy (non-hydrogen) atoms. The molecular formula is C23H13Cl2FN2O6S. The number of rotatable bonds is 6. The molecule has 0 unspecified atom stereocenters. The highest BCUT2D eigenvalue weighted by molar-refractivity contribution is 8.18. The molecule has 12 heteroatoms. The van der Waals surface area contributed by atoms with Gasteiger partial charge in [-0.25, -0.2) is 9.18 Å². The van der Waals surface area contributed by atoms with E-state index in [0.717, 1.165) is 11.0 Å². The van der Waals surface area contributed by atoms with Crippen molar-refractivity contribution in [2.75, 3.05) is 11.9 Å². The second-order valence-electron chi connectivity index (χ2n) is 7.15. The van der Waals surface area contributed by atoms with Crippen LogP contribution in [-0.2, 0) is 9.59 Å². The van der Waals surface area contributed by atoms with Gasteiger partial charge in [0.2, 0.25) is 5.91 Å². The van der Waals surface area contributed by atoms with Crippen LogP contribution in [0.4, 0.5) is 14.9 Å². The Morgan fingerprint density at radius 2 is 1.86 bits per heavy atom. The highest BCUT2D eigenvalue weighted by atomic mass is 35.5. The first-order chi connectivity index (χ1) is 16.6. The minimum atomic E-state index is -1.16. The second-order valence-corrected chi connectivity index (χ2v) is 8.95. The van der Waals surface area contributed by atoms with Gasteiger partial charge in [0.25, 0.3) is 11.1 Å². The summed E-state index contributed by atoms with van der Waals surface area (Å²) < 4.78 is 18.9. The maximum atomic E-state index is 13.3. The van der Waals surface area contributed by atoms with Crippen LogP contribution >= 0.6 is 35.0 Å². The van der Waals surface area contributed by atoms with Gasteiger partial charge in [0.1, 0.15) is 23.9 Å². The zero-order chi connectivity index (χ0) is 25.3. The topological polar surface area (TPSA) is 117 Å². The van der Waals surface area contributed by atoms with Crippen molar-refractivity contribution in [1.82, 2.24) is 4.90 Å². The van der Waals surface area contributed by atoms with E-state index in [1.807, 2.05) is 0 Å². The standard InChI is InChI=1S/C23H13Cl2FN2O6S/c24-15-7-11(1-4-14(15)22(31)32)18-6-3-13(34-18)9-19-21(30)28(23(33)35-19)10-20(29)27-12-2-5-17(26)16(25)8-12/h1-9H,10H2,(H,27,29)(H,31,32)/b19-9-. The molecule has 1 saturated heterocycles. The number of thioether (sulfide) groups is 1. The number of benzene rings is 2. The van der Waals surface area contributed by atoms with Crippen molar-refractivity contribution in [3.05, 3.63) is 80.6 Å². The Morgan fingerprint density at radius 3 is 2.54 bits per heavy atom. The summed E-state index contributed by atoms with van der Waals surface area (Å²) >= 11 is 12.3. The van der Waals surface area contributed by atoms with E-state index in [-0.39, 0.29) is 32.0 Å². The minimum Gasteiger partial charge on any atom is -0.478 e. The third-order valence-electron chi connectivity index (χ3n) is 4.76. The predicted molar refractivity (Wildman–Crippen MR) is 129 cm³/mol. The number of carboxylic acids is 1. The molecule has 2 aromatic carbocycles. The van der Waals surface area contributed by atoms with Crippen molar-refractivity contribution in [3.8, 4) is 11.3 Å². The molecule has 1 aromatic heterocycles. The van der Waals surface area contributed by atoms with Gasteiger partial charge in [-0.3, -0.25) is 19.3 Å². The van der Waals surface area contributed by atoms with Gasteiger partial charge in [0, 0.05) is 17.3 Å². The van der Waals surface area contributed by atoms with Crippen LogP contribution in [0.25, 0.3) is 17.4 Å². The van der Waals surface area contributed by atoms with E-state index in [2.05, 4.69) is 5.32 Å². The summed E-state index contributed by atoms with van der Waals surface area (Å²) in [6.07, 6.45) is 1.36. The number of furan rings is 1. The van der Waals surface area contributed by atoms with E-state index in [9.17, 15) is 23.6 Å². The third-order valence-corrected chi connectivity index (χ3v) is 6.27. The molecule has 3 amide bonds. The fraction of sp³-hybridized carbons (Fsp3) is 0.0435. The summed E-state index contributed by atoms with van der Waals surface area (Å²) in [5.74, 6) is -2.53. The van der Waals surface area contributed by atoms with Gasteiger partial charge in [-0.05, 0) is 54.2 Å². The first-order valence-corrected chi connectivity index (χ1v) is 11.3. The van der Waals surface area contributed by atoms with Crippen LogP contribution in [0.1, 0.15) is 16.1 Å².